The number of aliphatic imine (C=N–C) groups is 1. The average molecular weight is 550 g/mol. The maximum absolute atomic E-state index is 6.16. The van der Waals surface area contributed by atoms with Gasteiger partial charge in [-0.05, 0) is 44.7 Å². The van der Waals surface area contributed by atoms with E-state index in [1.54, 1.807) is 0 Å². The highest BCUT2D eigenvalue weighted by molar-refractivity contribution is 14.0. The fraction of sp³-hybridized carbons (Fsp3) is 0.500. The molecule has 2 aromatic rings. The van der Waals surface area contributed by atoms with E-state index in [1.807, 2.05) is 25.4 Å². The maximum Gasteiger partial charge on any atom is 0.191 e. The Kier molecular flexibility index (Phi) is 8.21. The number of anilines is 1. The van der Waals surface area contributed by atoms with Crippen LogP contribution in [0.5, 0.6) is 5.75 Å². The van der Waals surface area contributed by atoms with Gasteiger partial charge in [0.2, 0.25) is 0 Å². The van der Waals surface area contributed by atoms with E-state index >= 15 is 0 Å². The largest absolute Gasteiger partial charge is 0.487 e. The van der Waals surface area contributed by atoms with Gasteiger partial charge in [0.05, 0.1) is 6.04 Å². The molecular weight excluding hydrogens is 515 g/mol. The number of hydrogen-bond acceptors (Lipinski definition) is 5. The molecule has 1 atom stereocenters. The molecule has 2 aliphatic heterocycles. The van der Waals surface area contributed by atoms with E-state index in [-0.39, 0.29) is 35.6 Å². The molecule has 2 aliphatic rings. The van der Waals surface area contributed by atoms with Crippen molar-refractivity contribution in [1.82, 2.24) is 20.5 Å². The average Bonchev–Trinajstić information content (AvgIpc) is 2.76. The van der Waals surface area contributed by atoms with Gasteiger partial charge in [0, 0.05) is 58.0 Å². The molecule has 0 bridgehead atoms. The topological polar surface area (TPSA) is 65.0 Å². The Labute approximate surface area is 208 Å². The van der Waals surface area contributed by atoms with Crippen molar-refractivity contribution < 1.29 is 4.74 Å². The molecule has 174 valence electrons. The summed E-state index contributed by atoms with van der Waals surface area (Å²) in [5, 5.41) is 7.07. The zero-order chi connectivity index (χ0) is 21.8. The zero-order valence-electron chi connectivity index (χ0n) is 19.5. The number of ether oxygens (including phenoxy) is 1. The molecule has 7 nitrogen and oxygen atoms in total. The van der Waals surface area contributed by atoms with Gasteiger partial charge in [-0.25, -0.2) is 4.98 Å². The monoisotopic (exact) mass is 550 g/mol. The number of nitrogens with one attached hydrogen (secondary N) is 2. The van der Waals surface area contributed by atoms with Crippen molar-refractivity contribution in [2.24, 2.45) is 4.99 Å². The van der Waals surface area contributed by atoms with Crippen LogP contribution in [-0.2, 0) is 6.54 Å². The van der Waals surface area contributed by atoms with Crippen molar-refractivity contribution in [2.75, 3.05) is 45.2 Å². The normalized spacial score (nSPS) is 20.6. The molecule has 1 saturated heterocycles. The summed E-state index contributed by atoms with van der Waals surface area (Å²) in [6.45, 7) is 9.13. The van der Waals surface area contributed by atoms with Crippen molar-refractivity contribution in [3.05, 3.63) is 53.7 Å². The molecular formula is C24H35IN6O. The molecule has 1 unspecified atom stereocenters. The van der Waals surface area contributed by atoms with E-state index in [0.29, 0.717) is 6.54 Å². The van der Waals surface area contributed by atoms with Crippen LogP contribution >= 0.6 is 24.0 Å². The van der Waals surface area contributed by atoms with Gasteiger partial charge < -0.3 is 25.2 Å². The van der Waals surface area contributed by atoms with Crippen LogP contribution in [-0.4, -0.2) is 61.7 Å². The highest BCUT2D eigenvalue weighted by Crippen LogP contribution is 2.39. The summed E-state index contributed by atoms with van der Waals surface area (Å²) in [6.07, 6.45) is 2.77. The first-order valence-corrected chi connectivity index (χ1v) is 11.1. The van der Waals surface area contributed by atoms with Gasteiger partial charge in [-0.2, -0.15) is 0 Å². The number of para-hydroxylation sites is 1. The number of likely N-dealkylation sites (N-methyl/N-ethyl adjacent to an activating group) is 1. The lowest BCUT2D eigenvalue weighted by molar-refractivity contribution is 0.0694. The second-order valence-corrected chi connectivity index (χ2v) is 9.04. The molecule has 0 amide bonds. The van der Waals surface area contributed by atoms with E-state index in [2.05, 4.69) is 75.6 Å². The van der Waals surface area contributed by atoms with E-state index < -0.39 is 0 Å². The predicted octanol–water partition coefficient (Wildman–Crippen LogP) is 3.42. The SMILES string of the molecule is CN=C(NCc1ccnc(N2CCN(C)CC2)c1)NC1CC(C)(C)Oc2ccccc21.I. The molecule has 3 heterocycles. The van der Waals surface area contributed by atoms with Crippen LogP contribution in [0.4, 0.5) is 5.82 Å². The van der Waals surface area contributed by atoms with Crippen molar-refractivity contribution in [2.45, 2.75) is 38.5 Å². The summed E-state index contributed by atoms with van der Waals surface area (Å²) in [5.41, 5.74) is 2.14. The Hall–Kier alpha value is -2.07. The predicted molar refractivity (Wildman–Crippen MR) is 141 cm³/mol. The lowest BCUT2D eigenvalue weighted by Gasteiger charge is -2.38. The number of aromatic nitrogens is 1. The van der Waals surface area contributed by atoms with Crippen LogP contribution in [0.25, 0.3) is 0 Å². The number of piperazine rings is 1. The summed E-state index contributed by atoms with van der Waals surface area (Å²) < 4.78 is 6.16. The molecule has 0 saturated carbocycles. The quantitative estimate of drug-likeness (QED) is 0.346. The summed E-state index contributed by atoms with van der Waals surface area (Å²) in [4.78, 5) is 13.8. The number of halogens is 1. The molecule has 32 heavy (non-hydrogen) atoms. The van der Waals surface area contributed by atoms with Crippen LogP contribution in [0.15, 0.2) is 47.6 Å². The minimum absolute atomic E-state index is 0. The lowest BCUT2D eigenvalue weighted by atomic mass is 9.90. The van der Waals surface area contributed by atoms with Crippen molar-refractivity contribution in [1.29, 1.82) is 0 Å². The van der Waals surface area contributed by atoms with Gasteiger partial charge in [-0.1, -0.05) is 18.2 Å². The third kappa shape index (κ3) is 6.04. The number of rotatable bonds is 4. The van der Waals surface area contributed by atoms with Gasteiger partial charge in [0.25, 0.3) is 0 Å². The fourth-order valence-corrected chi connectivity index (χ4v) is 4.26. The van der Waals surface area contributed by atoms with Crippen LogP contribution in [0.1, 0.15) is 37.4 Å². The first-order valence-electron chi connectivity index (χ1n) is 11.1. The first kappa shape index (κ1) is 24.6. The van der Waals surface area contributed by atoms with Crippen molar-refractivity contribution in [3.63, 3.8) is 0 Å². The summed E-state index contributed by atoms with van der Waals surface area (Å²) in [7, 11) is 3.98. The number of fused-ring (bicyclic) bond motifs is 1. The lowest BCUT2D eigenvalue weighted by Crippen LogP contribution is -2.45. The van der Waals surface area contributed by atoms with Crippen LogP contribution < -0.4 is 20.3 Å². The second-order valence-electron chi connectivity index (χ2n) is 9.04. The number of benzene rings is 1. The van der Waals surface area contributed by atoms with Gasteiger partial charge in [0.15, 0.2) is 5.96 Å². The minimum atomic E-state index is -0.229. The van der Waals surface area contributed by atoms with E-state index in [4.69, 9.17) is 4.74 Å². The number of guanidine groups is 1. The molecule has 1 aromatic carbocycles. The Bertz CT molecular complexity index is 926. The summed E-state index contributed by atoms with van der Waals surface area (Å²) in [6, 6.07) is 12.6. The fourth-order valence-electron chi connectivity index (χ4n) is 4.26. The third-order valence-corrected chi connectivity index (χ3v) is 6.01. The minimum Gasteiger partial charge on any atom is -0.487 e. The first-order chi connectivity index (χ1) is 14.9. The molecule has 0 spiro atoms. The van der Waals surface area contributed by atoms with Crippen LogP contribution in [0.3, 0.4) is 0 Å². The number of nitrogens with zero attached hydrogens (tertiary/aromatic N) is 4. The Balaban J connectivity index is 0.00000289. The summed E-state index contributed by atoms with van der Waals surface area (Å²) >= 11 is 0. The van der Waals surface area contributed by atoms with E-state index in [9.17, 15) is 0 Å². The highest BCUT2D eigenvalue weighted by Gasteiger charge is 2.33. The maximum atomic E-state index is 6.16. The number of hydrogen-bond donors (Lipinski definition) is 2. The van der Waals surface area contributed by atoms with Gasteiger partial charge in [0.1, 0.15) is 17.2 Å². The van der Waals surface area contributed by atoms with E-state index in [0.717, 1.165) is 50.1 Å². The van der Waals surface area contributed by atoms with Crippen LogP contribution in [0, 0.1) is 0 Å². The van der Waals surface area contributed by atoms with Crippen molar-refractivity contribution >= 4 is 35.8 Å². The summed E-state index contributed by atoms with van der Waals surface area (Å²) in [5.74, 6) is 2.78. The standard InChI is InChI=1S/C24H34N6O.HI/c1-24(2)16-20(19-7-5-6-8-21(19)31-24)28-23(25-3)27-17-18-9-10-26-22(15-18)30-13-11-29(4)12-14-30;/h5-10,15,20H,11-14,16-17H2,1-4H3,(H2,25,27,28);1H. The Morgan fingerprint density at radius 1 is 1.19 bits per heavy atom. The van der Waals surface area contributed by atoms with Gasteiger partial charge in [-0.3, -0.25) is 4.99 Å². The van der Waals surface area contributed by atoms with Gasteiger partial charge >= 0.3 is 0 Å². The van der Waals surface area contributed by atoms with E-state index in [1.165, 1.54) is 11.1 Å². The molecule has 2 N–H and O–H groups in total. The van der Waals surface area contributed by atoms with Crippen LogP contribution in [0.2, 0.25) is 0 Å². The smallest absolute Gasteiger partial charge is 0.191 e. The molecule has 0 radical (unpaired) electrons. The molecule has 4 rings (SSSR count). The molecule has 1 fully saturated rings. The van der Waals surface area contributed by atoms with Crippen molar-refractivity contribution in [3.8, 4) is 5.75 Å². The zero-order valence-corrected chi connectivity index (χ0v) is 21.8. The highest BCUT2D eigenvalue weighted by atomic mass is 127. The van der Waals surface area contributed by atoms with Gasteiger partial charge in [-0.15, -0.1) is 24.0 Å². The number of pyridine rings is 1. The Morgan fingerprint density at radius 3 is 2.69 bits per heavy atom. The molecule has 0 aliphatic carbocycles. The molecule has 8 heteroatoms. The Morgan fingerprint density at radius 2 is 1.94 bits per heavy atom. The second kappa shape index (κ2) is 10.7. The molecule has 1 aromatic heterocycles. The third-order valence-electron chi connectivity index (χ3n) is 6.01.